The number of methoxy groups -OCH3 is 1. The van der Waals surface area contributed by atoms with E-state index in [0.717, 1.165) is 35.9 Å². The fourth-order valence-electron chi connectivity index (χ4n) is 3.02. The van der Waals surface area contributed by atoms with Crippen LogP contribution in [-0.2, 0) is 11.2 Å². The van der Waals surface area contributed by atoms with Crippen LogP contribution in [0.15, 0.2) is 24.3 Å². The van der Waals surface area contributed by atoms with Gasteiger partial charge in [-0.15, -0.1) is 0 Å². The molecule has 2 heterocycles. The third-order valence-electron chi connectivity index (χ3n) is 4.12. The molecule has 0 bridgehead atoms. The molecular formula is C16H20FN3OS. The highest BCUT2D eigenvalue weighted by molar-refractivity contribution is 7.09. The minimum atomic E-state index is -0.186. The summed E-state index contributed by atoms with van der Waals surface area (Å²) < 4.78 is 23.0. The second kappa shape index (κ2) is 6.71. The van der Waals surface area contributed by atoms with Gasteiger partial charge in [-0.05, 0) is 30.0 Å². The molecule has 1 aliphatic heterocycles. The van der Waals surface area contributed by atoms with Crippen LogP contribution in [-0.4, -0.2) is 29.6 Å². The van der Waals surface area contributed by atoms with Crippen molar-refractivity contribution in [3.05, 3.63) is 41.5 Å². The molecular weight excluding hydrogens is 301 g/mol. The molecule has 0 aliphatic carbocycles. The fraction of sp³-hybridized carbons (Fsp3) is 0.500. The van der Waals surface area contributed by atoms with Crippen molar-refractivity contribution < 1.29 is 9.13 Å². The van der Waals surface area contributed by atoms with Crippen molar-refractivity contribution in [3.63, 3.8) is 0 Å². The van der Waals surface area contributed by atoms with E-state index in [1.54, 1.807) is 19.2 Å². The summed E-state index contributed by atoms with van der Waals surface area (Å²) in [7, 11) is 1.68. The number of aromatic nitrogens is 2. The highest BCUT2D eigenvalue weighted by Gasteiger charge is 2.34. The monoisotopic (exact) mass is 321 g/mol. The maximum Gasteiger partial charge on any atom is 0.205 e. The highest BCUT2D eigenvalue weighted by Crippen LogP contribution is 2.40. The minimum absolute atomic E-state index is 0.166. The van der Waals surface area contributed by atoms with Gasteiger partial charge in [-0.1, -0.05) is 19.1 Å². The van der Waals surface area contributed by atoms with Crippen molar-refractivity contribution in [3.8, 4) is 0 Å². The first-order chi connectivity index (χ1) is 10.7. The van der Waals surface area contributed by atoms with Crippen molar-refractivity contribution in [1.29, 1.82) is 0 Å². The molecule has 0 radical (unpaired) electrons. The summed E-state index contributed by atoms with van der Waals surface area (Å²) in [5.41, 5.74) is 1.01. The van der Waals surface area contributed by atoms with Crippen molar-refractivity contribution in [2.45, 2.75) is 25.8 Å². The van der Waals surface area contributed by atoms with E-state index in [2.05, 4.69) is 21.2 Å². The van der Waals surface area contributed by atoms with Crippen LogP contribution in [0.2, 0.25) is 0 Å². The zero-order valence-corrected chi connectivity index (χ0v) is 13.6. The molecule has 118 valence electrons. The van der Waals surface area contributed by atoms with Gasteiger partial charge in [-0.2, -0.15) is 4.37 Å². The Morgan fingerprint density at radius 2 is 2.32 bits per heavy atom. The van der Waals surface area contributed by atoms with Crippen LogP contribution in [0.1, 0.15) is 30.8 Å². The van der Waals surface area contributed by atoms with Gasteiger partial charge in [0.05, 0.1) is 12.6 Å². The molecule has 6 heteroatoms. The lowest BCUT2D eigenvalue weighted by Gasteiger charge is -2.26. The molecule has 0 saturated carbocycles. The number of nitrogens with zero attached hydrogens (tertiary/aromatic N) is 3. The van der Waals surface area contributed by atoms with Crippen molar-refractivity contribution >= 4 is 16.7 Å². The van der Waals surface area contributed by atoms with Crippen LogP contribution in [0.5, 0.6) is 0 Å². The molecule has 2 atom stereocenters. The predicted octanol–water partition coefficient (Wildman–Crippen LogP) is 3.45. The summed E-state index contributed by atoms with van der Waals surface area (Å²) in [4.78, 5) is 6.88. The Balaban J connectivity index is 1.84. The predicted molar refractivity (Wildman–Crippen MR) is 85.8 cm³/mol. The largest absolute Gasteiger partial charge is 0.384 e. The van der Waals surface area contributed by atoms with Crippen molar-refractivity contribution in [2.75, 3.05) is 25.2 Å². The van der Waals surface area contributed by atoms with Crippen LogP contribution in [0.25, 0.3) is 0 Å². The molecule has 1 saturated heterocycles. The first-order valence-corrected chi connectivity index (χ1v) is 8.30. The average molecular weight is 321 g/mol. The maximum absolute atomic E-state index is 13.6. The molecule has 1 aromatic heterocycles. The van der Waals surface area contributed by atoms with Gasteiger partial charge < -0.3 is 9.64 Å². The first-order valence-electron chi connectivity index (χ1n) is 7.52. The Bertz CT molecular complexity index is 633. The van der Waals surface area contributed by atoms with Crippen LogP contribution in [0.3, 0.4) is 0 Å². The van der Waals surface area contributed by atoms with E-state index in [1.165, 1.54) is 17.6 Å². The molecule has 0 spiro atoms. The molecule has 1 aromatic carbocycles. The van der Waals surface area contributed by atoms with Gasteiger partial charge in [0, 0.05) is 31.6 Å². The number of anilines is 1. The van der Waals surface area contributed by atoms with Crippen LogP contribution < -0.4 is 4.90 Å². The Morgan fingerprint density at radius 3 is 3.09 bits per heavy atom. The van der Waals surface area contributed by atoms with Crippen LogP contribution in [0, 0.1) is 11.7 Å². The van der Waals surface area contributed by atoms with Gasteiger partial charge in [0.25, 0.3) is 0 Å². The average Bonchev–Trinajstić information content (AvgIpc) is 3.11. The molecule has 3 rings (SSSR count). The van der Waals surface area contributed by atoms with E-state index >= 15 is 0 Å². The van der Waals surface area contributed by atoms with Gasteiger partial charge in [-0.25, -0.2) is 9.37 Å². The summed E-state index contributed by atoms with van der Waals surface area (Å²) >= 11 is 1.42. The van der Waals surface area contributed by atoms with Gasteiger partial charge in [0.15, 0.2) is 0 Å². The molecule has 22 heavy (non-hydrogen) atoms. The lowest BCUT2D eigenvalue weighted by Crippen LogP contribution is -2.24. The molecule has 0 amide bonds. The summed E-state index contributed by atoms with van der Waals surface area (Å²) in [5.74, 6) is 1.10. The van der Waals surface area contributed by atoms with Gasteiger partial charge >= 0.3 is 0 Å². The summed E-state index contributed by atoms with van der Waals surface area (Å²) in [5, 5.41) is 0.921. The third-order valence-corrected chi connectivity index (χ3v) is 4.91. The topological polar surface area (TPSA) is 38.2 Å². The number of benzene rings is 1. The van der Waals surface area contributed by atoms with Gasteiger partial charge in [0.1, 0.15) is 11.6 Å². The smallest absolute Gasteiger partial charge is 0.205 e. The molecule has 1 fully saturated rings. The molecule has 0 N–H and O–H groups in total. The first kappa shape index (κ1) is 15.4. The second-order valence-electron chi connectivity index (χ2n) is 5.70. The Labute approximate surface area is 134 Å². The number of ether oxygens (including phenoxy) is 1. The van der Waals surface area contributed by atoms with Gasteiger partial charge in [-0.3, -0.25) is 0 Å². The van der Waals surface area contributed by atoms with Crippen molar-refractivity contribution in [1.82, 2.24) is 9.36 Å². The second-order valence-corrected chi connectivity index (χ2v) is 6.43. The molecule has 1 aliphatic rings. The molecule has 2 unspecified atom stereocenters. The van der Waals surface area contributed by atoms with E-state index in [1.807, 2.05) is 6.07 Å². The summed E-state index contributed by atoms with van der Waals surface area (Å²) in [6, 6.07) is 7.06. The number of rotatable bonds is 5. The molecule has 2 aromatic rings. The van der Waals surface area contributed by atoms with E-state index in [0.29, 0.717) is 12.5 Å². The standard InChI is InChI=1S/C16H20FN3OS/c1-11-6-8-20(15(11)12-4-3-5-13(17)10-12)16-18-14(19-22-16)7-9-21-2/h3-5,10-11,15H,6-9H2,1-2H3. The number of hydrogen-bond acceptors (Lipinski definition) is 5. The van der Waals surface area contributed by atoms with Crippen molar-refractivity contribution in [2.24, 2.45) is 5.92 Å². The highest BCUT2D eigenvalue weighted by atomic mass is 32.1. The lowest BCUT2D eigenvalue weighted by molar-refractivity contribution is 0.201. The Kier molecular flexibility index (Phi) is 4.69. The van der Waals surface area contributed by atoms with Crippen LogP contribution in [0.4, 0.5) is 9.52 Å². The normalized spacial score (nSPS) is 21.5. The quantitative estimate of drug-likeness (QED) is 0.845. The lowest BCUT2D eigenvalue weighted by atomic mass is 9.95. The SMILES string of the molecule is COCCc1nsc(N2CCC(C)C2c2cccc(F)c2)n1. The Morgan fingerprint density at radius 1 is 1.45 bits per heavy atom. The zero-order chi connectivity index (χ0) is 15.5. The number of halogens is 1. The summed E-state index contributed by atoms with van der Waals surface area (Å²) in [6.45, 7) is 3.77. The molecule has 4 nitrogen and oxygen atoms in total. The van der Waals surface area contributed by atoms with Crippen LogP contribution >= 0.6 is 11.5 Å². The summed E-state index contributed by atoms with van der Waals surface area (Å²) in [6.07, 6.45) is 1.80. The zero-order valence-electron chi connectivity index (χ0n) is 12.8. The Hall–Kier alpha value is -1.53. The fourth-order valence-corrected chi connectivity index (χ4v) is 3.79. The van der Waals surface area contributed by atoms with E-state index < -0.39 is 0 Å². The third kappa shape index (κ3) is 3.13. The minimum Gasteiger partial charge on any atom is -0.384 e. The van der Waals surface area contributed by atoms with E-state index in [4.69, 9.17) is 4.74 Å². The van der Waals surface area contributed by atoms with E-state index in [-0.39, 0.29) is 11.9 Å². The maximum atomic E-state index is 13.6. The van der Waals surface area contributed by atoms with Gasteiger partial charge in [0.2, 0.25) is 5.13 Å². The number of hydrogen-bond donors (Lipinski definition) is 0. The van der Waals surface area contributed by atoms with E-state index in [9.17, 15) is 4.39 Å².